The highest BCUT2D eigenvalue weighted by Gasteiger charge is 2.22. The van der Waals surface area contributed by atoms with Gasteiger partial charge in [0.05, 0.1) is 5.92 Å². The Morgan fingerprint density at radius 3 is 2.45 bits per heavy atom. The minimum atomic E-state index is -0.963. The zero-order valence-corrected chi connectivity index (χ0v) is 13.5. The third-order valence-corrected chi connectivity index (χ3v) is 3.85. The molecule has 1 aromatic carbocycles. The third-order valence-electron chi connectivity index (χ3n) is 3.32. The first-order valence-corrected chi connectivity index (χ1v) is 7.73. The zero-order valence-electron chi connectivity index (χ0n) is 11.9. The topological polar surface area (TPSA) is 67.3 Å². The Bertz CT molecular complexity index is 641. The number of benzene rings is 1. The lowest BCUT2D eigenvalue weighted by Gasteiger charge is -2.11. The van der Waals surface area contributed by atoms with Crippen LogP contribution in [0.15, 0.2) is 53.1 Å². The summed E-state index contributed by atoms with van der Waals surface area (Å²) in [7, 11) is 0. The van der Waals surface area contributed by atoms with Crippen molar-refractivity contribution in [3.05, 3.63) is 64.4 Å². The Balaban J connectivity index is 1.97. The van der Waals surface area contributed by atoms with E-state index < -0.39 is 11.9 Å². The second-order valence-electron chi connectivity index (χ2n) is 5.11. The van der Waals surface area contributed by atoms with Gasteiger partial charge in [-0.1, -0.05) is 34.1 Å². The first-order chi connectivity index (χ1) is 10.5. The monoisotopic (exact) mass is 361 g/mol. The maximum atomic E-state index is 12.1. The van der Waals surface area contributed by atoms with E-state index in [1.54, 1.807) is 18.3 Å². The highest BCUT2D eigenvalue weighted by molar-refractivity contribution is 9.10. The fourth-order valence-corrected chi connectivity index (χ4v) is 2.46. The number of carboxylic acid groups (broad SMARTS) is 1. The molecule has 114 valence electrons. The van der Waals surface area contributed by atoms with Gasteiger partial charge in [0.2, 0.25) is 0 Å². The molecule has 0 fully saturated rings. The largest absolute Gasteiger partial charge is 0.481 e. The maximum Gasteiger partial charge on any atom is 0.307 e. The van der Waals surface area contributed by atoms with Crippen LogP contribution in [0.4, 0.5) is 0 Å². The molecule has 1 unspecified atom stereocenters. The molecule has 0 aliphatic heterocycles. The number of pyridine rings is 1. The van der Waals surface area contributed by atoms with Gasteiger partial charge in [0, 0.05) is 35.6 Å². The molecular formula is C17H16BrNO3. The number of carbonyl (C=O) groups is 2. The summed E-state index contributed by atoms with van der Waals surface area (Å²) in [6.45, 7) is 0. The van der Waals surface area contributed by atoms with Crippen LogP contribution in [0.2, 0.25) is 0 Å². The van der Waals surface area contributed by atoms with Crippen LogP contribution >= 0.6 is 15.9 Å². The van der Waals surface area contributed by atoms with Gasteiger partial charge in [-0.2, -0.15) is 0 Å². The van der Waals surface area contributed by atoms with Crippen LogP contribution in [-0.4, -0.2) is 21.8 Å². The fraction of sp³-hybridized carbons (Fsp3) is 0.235. The number of aliphatic carboxylic acids is 1. The quantitative estimate of drug-likeness (QED) is 0.821. The number of rotatable bonds is 7. The Kier molecular flexibility index (Phi) is 5.83. The Morgan fingerprint density at radius 1 is 1.14 bits per heavy atom. The molecule has 2 aromatic rings. The van der Waals surface area contributed by atoms with Crippen molar-refractivity contribution in [3.63, 3.8) is 0 Å². The van der Waals surface area contributed by atoms with Crippen LogP contribution in [0, 0.1) is 5.92 Å². The molecule has 0 saturated carbocycles. The molecule has 0 aliphatic carbocycles. The summed E-state index contributed by atoms with van der Waals surface area (Å²) in [4.78, 5) is 27.6. The summed E-state index contributed by atoms with van der Waals surface area (Å²) >= 11 is 3.34. The van der Waals surface area contributed by atoms with Crippen LogP contribution in [-0.2, 0) is 22.4 Å². The zero-order chi connectivity index (χ0) is 15.9. The van der Waals surface area contributed by atoms with Crippen molar-refractivity contribution in [2.75, 3.05) is 0 Å². The molecule has 1 heterocycles. The van der Waals surface area contributed by atoms with Gasteiger partial charge in [-0.15, -0.1) is 0 Å². The molecule has 2 rings (SSSR count). The molecule has 0 spiro atoms. The predicted molar refractivity (Wildman–Crippen MR) is 86.5 cm³/mol. The van der Waals surface area contributed by atoms with E-state index in [1.165, 1.54) is 0 Å². The Morgan fingerprint density at radius 2 is 1.86 bits per heavy atom. The average molecular weight is 362 g/mol. The number of hydrogen-bond donors (Lipinski definition) is 1. The summed E-state index contributed by atoms with van der Waals surface area (Å²) < 4.78 is 0.947. The lowest BCUT2D eigenvalue weighted by atomic mass is 9.94. The number of hydrogen-bond acceptors (Lipinski definition) is 3. The van der Waals surface area contributed by atoms with Crippen LogP contribution in [0.25, 0.3) is 0 Å². The molecule has 0 bridgehead atoms. The van der Waals surface area contributed by atoms with Gasteiger partial charge in [-0.25, -0.2) is 0 Å². The number of carbonyl (C=O) groups excluding carboxylic acids is 1. The number of carboxylic acids is 1. The number of halogens is 1. The lowest BCUT2D eigenvalue weighted by Crippen LogP contribution is -2.21. The van der Waals surface area contributed by atoms with E-state index in [0.29, 0.717) is 5.69 Å². The molecule has 1 aromatic heterocycles. The number of Topliss-reactive ketones (excluding diaryl/α,β-unsaturated/α-hetero) is 1. The molecule has 0 saturated heterocycles. The molecular weight excluding hydrogens is 346 g/mol. The van der Waals surface area contributed by atoms with E-state index in [9.17, 15) is 14.7 Å². The summed E-state index contributed by atoms with van der Waals surface area (Å²) in [6.07, 6.45) is 2.15. The van der Waals surface area contributed by atoms with Gasteiger partial charge in [0.1, 0.15) is 5.78 Å². The summed E-state index contributed by atoms with van der Waals surface area (Å²) in [5.74, 6) is -1.78. The SMILES string of the molecule is O=C(Cc1ccc(Br)cc1)CC(Cc1ccccn1)C(=O)O. The number of nitrogens with zero attached hydrogens (tertiary/aromatic N) is 1. The minimum absolute atomic E-state index is 0.0158. The van der Waals surface area contributed by atoms with Crippen molar-refractivity contribution in [2.24, 2.45) is 5.92 Å². The van der Waals surface area contributed by atoms with Crippen molar-refractivity contribution in [1.82, 2.24) is 4.98 Å². The van der Waals surface area contributed by atoms with Gasteiger partial charge < -0.3 is 5.11 Å². The second kappa shape index (κ2) is 7.84. The third kappa shape index (κ3) is 5.07. The van der Waals surface area contributed by atoms with Crippen LogP contribution in [0.3, 0.4) is 0 Å². The van der Waals surface area contributed by atoms with Gasteiger partial charge in [-0.3, -0.25) is 14.6 Å². The minimum Gasteiger partial charge on any atom is -0.481 e. The van der Waals surface area contributed by atoms with Crippen LogP contribution in [0.5, 0.6) is 0 Å². The molecule has 0 aliphatic rings. The molecule has 0 radical (unpaired) electrons. The highest BCUT2D eigenvalue weighted by Crippen LogP contribution is 2.15. The average Bonchev–Trinajstić information content (AvgIpc) is 2.50. The van der Waals surface area contributed by atoms with Crippen molar-refractivity contribution >= 4 is 27.7 Å². The molecule has 0 amide bonds. The fourth-order valence-electron chi connectivity index (χ4n) is 2.20. The van der Waals surface area contributed by atoms with Crippen LogP contribution < -0.4 is 0 Å². The van der Waals surface area contributed by atoms with Crippen LogP contribution in [0.1, 0.15) is 17.7 Å². The van der Waals surface area contributed by atoms with Crippen molar-refractivity contribution < 1.29 is 14.7 Å². The van der Waals surface area contributed by atoms with Crippen molar-refractivity contribution in [1.29, 1.82) is 0 Å². The van der Waals surface area contributed by atoms with E-state index in [4.69, 9.17) is 0 Å². The number of ketones is 1. The normalized spacial score (nSPS) is 11.9. The van der Waals surface area contributed by atoms with E-state index in [2.05, 4.69) is 20.9 Å². The van der Waals surface area contributed by atoms with Gasteiger partial charge in [0.15, 0.2) is 0 Å². The first-order valence-electron chi connectivity index (χ1n) is 6.93. The second-order valence-corrected chi connectivity index (χ2v) is 6.02. The van der Waals surface area contributed by atoms with Crippen molar-refractivity contribution in [3.8, 4) is 0 Å². The van der Waals surface area contributed by atoms with Crippen molar-refractivity contribution in [2.45, 2.75) is 19.3 Å². The van der Waals surface area contributed by atoms with Gasteiger partial charge in [0.25, 0.3) is 0 Å². The maximum absolute atomic E-state index is 12.1. The standard InChI is InChI=1S/C17H16BrNO3/c18-14-6-4-12(5-7-14)9-16(20)11-13(17(21)22)10-15-3-1-2-8-19-15/h1-8,13H,9-11H2,(H,21,22). The summed E-state index contributed by atoms with van der Waals surface area (Å²) in [5.41, 5.74) is 1.57. The van der Waals surface area contributed by atoms with Gasteiger partial charge in [-0.05, 0) is 29.8 Å². The number of aromatic nitrogens is 1. The predicted octanol–water partition coefficient (Wildman–Crippen LogP) is 3.29. The smallest absolute Gasteiger partial charge is 0.307 e. The molecule has 5 heteroatoms. The molecule has 22 heavy (non-hydrogen) atoms. The van der Waals surface area contributed by atoms with E-state index in [1.807, 2.05) is 30.3 Å². The van der Waals surface area contributed by atoms with Gasteiger partial charge >= 0.3 is 5.97 Å². The summed E-state index contributed by atoms with van der Waals surface area (Å²) in [5, 5.41) is 9.30. The first kappa shape index (κ1) is 16.4. The molecule has 4 nitrogen and oxygen atoms in total. The Hall–Kier alpha value is -2.01. The van der Waals surface area contributed by atoms with E-state index in [0.717, 1.165) is 10.0 Å². The Labute approximate surface area is 137 Å². The lowest BCUT2D eigenvalue weighted by molar-refractivity contribution is -0.143. The molecule has 1 atom stereocenters. The van der Waals surface area contributed by atoms with E-state index >= 15 is 0 Å². The highest BCUT2D eigenvalue weighted by atomic mass is 79.9. The molecule has 1 N–H and O–H groups in total. The van der Waals surface area contributed by atoms with E-state index in [-0.39, 0.29) is 25.0 Å². The summed E-state index contributed by atoms with van der Waals surface area (Å²) in [6, 6.07) is 12.8.